The first kappa shape index (κ1) is 23.9. The van der Waals surface area contributed by atoms with E-state index >= 15 is 0 Å². The Morgan fingerprint density at radius 3 is 2.32 bits per heavy atom. The van der Waals surface area contributed by atoms with E-state index in [0.29, 0.717) is 16.4 Å². The molecule has 0 aliphatic carbocycles. The summed E-state index contributed by atoms with van der Waals surface area (Å²) >= 11 is 2.72. The summed E-state index contributed by atoms with van der Waals surface area (Å²) in [7, 11) is 2.16. The Morgan fingerprint density at radius 2 is 1.74 bits per heavy atom. The van der Waals surface area contributed by atoms with Gasteiger partial charge in [0.2, 0.25) is 5.60 Å². The molecule has 1 aliphatic rings. The topological polar surface area (TPSA) is 55.8 Å². The molecule has 166 valence electrons. The molecule has 1 unspecified atom stereocenters. The maximum atomic E-state index is 13.1. The van der Waals surface area contributed by atoms with E-state index in [1.165, 1.54) is 22.7 Å². The standard InChI is InChI=1S/C23H26NO4S2.BrH/c1-24(13-14-27-18-7-3-2-4-8-18)12-11-19(17-24)28-22(25)23(26,20-9-5-15-29-20)21-10-6-16-30-21;/h2-10,15-16,19,26H,11-14,17H2,1H3;1H/q+1;/p-1/t19-,24?;/m1./s1. The van der Waals surface area contributed by atoms with E-state index in [1.807, 2.05) is 53.2 Å². The molecule has 2 atom stereocenters. The van der Waals surface area contributed by atoms with Gasteiger partial charge in [0.1, 0.15) is 25.4 Å². The lowest BCUT2D eigenvalue weighted by Crippen LogP contribution is -3.00. The highest BCUT2D eigenvalue weighted by atomic mass is 79.9. The van der Waals surface area contributed by atoms with E-state index in [2.05, 4.69) is 7.05 Å². The van der Waals surface area contributed by atoms with Crippen LogP contribution >= 0.6 is 22.7 Å². The minimum atomic E-state index is -1.75. The molecule has 3 aromatic rings. The average Bonchev–Trinajstić information content (AvgIpc) is 3.51. The first-order chi connectivity index (χ1) is 14.5. The van der Waals surface area contributed by atoms with Gasteiger partial charge < -0.3 is 36.0 Å². The predicted molar refractivity (Wildman–Crippen MR) is 119 cm³/mol. The quantitative estimate of drug-likeness (QED) is 0.352. The van der Waals surface area contributed by atoms with Crippen LogP contribution in [0.1, 0.15) is 16.2 Å². The first-order valence-electron chi connectivity index (χ1n) is 10.0. The molecule has 0 spiro atoms. The highest BCUT2D eigenvalue weighted by Gasteiger charge is 2.46. The number of halogens is 1. The molecule has 1 aliphatic heterocycles. The van der Waals surface area contributed by atoms with Crippen LogP contribution in [0.25, 0.3) is 0 Å². The van der Waals surface area contributed by atoms with Gasteiger partial charge in [-0.1, -0.05) is 30.3 Å². The Morgan fingerprint density at radius 1 is 1.10 bits per heavy atom. The minimum Gasteiger partial charge on any atom is -1.00 e. The maximum absolute atomic E-state index is 13.1. The molecular weight excluding hydrogens is 498 g/mol. The average molecular weight is 525 g/mol. The number of carbonyl (C=O) groups excluding carboxylic acids is 1. The van der Waals surface area contributed by atoms with Crippen LogP contribution in [0, 0.1) is 0 Å². The Bertz CT molecular complexity index is 915. The number of benzene rings is 1. The lowest BCUT2D eigenvalue weighted by atomic mass is 10.00. The summed E-state index contributed by atoms with van der Waals surface area (Å²) in [5.41, 5.74) is -1.75. The molecular formula is C23H26BrNO4S2. The summed E-state index contributed by atoms with van der Waals surface area (Å²) in [6.07, 6.45) is 0.559. The second-order valence-corrected chi connectivity index (χ2v) is 9.79. The van der Waals surface area contributed by atoms with Crippen molar-refractivity contribution in [2.24, 2.45) is 0 Å². The number of likely N-dealkylation sites (tertiary alicyclic amines) is 1. The molecule has 0 saturated carbocycles. The first-order valence-corrected chi connectivity index (χ1v) is 11.8. The fourth-order valence-corrected chi connectivity index (χ4v) is 5.57. The van der Waals surface area contributed by atoms with E-state index in [9.17, 15) is 9.90 Å². The zero-order valence-electron chi connectivity index (χ0n) is 17.3. The molecule has 1 N–H and O–H groups in total. The van der Waals surface area contributed by atoms with Gasteiger partial charge in [0, 0.05) is 6.42 Å². The fraction of sp³-hybridized carbons (Fsp3) is 0.348. The number of nitrogens with zero attached hydrogens (tertiary/aromatic N) is 1. The molecule has 4 rings (SSSR count). The van der Waals surface area contributed by atoms with Gasteiger partial charge in [-0.2, -0.15) is 0 Å². The number of para-hydroxylation sites is 1. The van der Waals surface area contributed by atoms with Crippen molar-refractivity contribution < 1.29 is 40.8 Å². The molecule has 31 heavy (non-hydrogen) atoms. The number of thiophene rings is 2. The van der Waals surface area contributed by atoms with Crippen LogP contribution in [0.5, 0.6) is 5.75 Å². The molecule has 0 radical (unpaired) electrons. The summed E-state index contributed by atoms with van der Waals surface area (Å²) in [6, 6.07) is 17.0. The molecule has 1 saturated heterocycles. The Labute approximate surface area is 201 Å². The van der Waals surface area contributed by atoms with Crippen molar-refractivity contribution in [3.63, 3.8) is 0 Å². The second kappa shape index (κ2) is 10.3. The number of quaternary nitrogens is 1. The van der Waals surface area contributed by atoms with Crippen molar-refractivity contribution in [1.82, 2.24) is 0 Å². The summed E-state index contributed by atoms with van der Waals surface area (Å²) < 4.78 is 12.5. The van der Waals surface area contributed by atoms with Crippen LogP contribution in [0.4, 0.5) is 0 Å². The number of aliphatic hydroxyl groups is 1. The van der Waals surface area contributed by atoms with Crippen LogP contribution in [0.2, 0.25) is 0 Å². The smallest absolute Gasteiger partial charge is 0.349 e. The molecule has 8 heteroatoms. The zero-order chi connectivity index (χ0) is 21.0. The lowest BCUT2D eigenvalue weighted by Gasteiger charge is -2.30. The highest BCUT2D eigenvalue weighted by molar-refractivity contribution is 7.12. The van der Waals surface area contributed by atoms with E-state index in [1.54, 1.807) is 12.1 Å². The van der Waals surface area contributed by atoms with Crippen LogP contribution in [-0.4, -0.2) is 55.0 Å². The van der Waals surface area contributed by atoms with Gasteiger partial charge in [-0.15, -0.1) is 22.7 Å². The maximum Gasteiger partial charge on any atom is 0.349 e. The van der Waals surface area contributed by atoms with Crippen LogP contribution in [-0.2, 0) is 15.1 Å². The third-order valence-corrected chi connectivity index (χ3v) is 7.56. The van der Waals surface area contributed by atoms with Crippen molar-refractivity contribution in [2.45, 2.75) is 18.1 Å². The van der Waals surface area contributed by atoms with Crippen molar-refractivity contribution in [3.8, 4) is 5.75 Å². The predicted octanol–water partition coefficient (Wildman–Crippen LogP) is 0.891. The van der Waals surface area contributed by atoms with Crippen LogP contribution in [0.15, 0.2) is 65.4 Å². The molecule has 0 bridgehead atoms. The Hall–Kier alpha value is -1.71. The van der Waals surface area contributed by atoms with Crippen molar-refractivity contribution in [3.05, 3.63) is 75.1 Å². The second-order valence-electron chi connectivity index (χ2n) is 7.89. The normalized spacial score (nSPS) is 20.8. The van der Waals surface area contributed by atoms with Gasteiger partial charge in [-0.3, -0.25) is 0 Å². The van der Waals surface area contributed by atoms with Crippen molar-refractivity contribution in [1.29, 1.82) is 0 Å². The zero-order valence-corrected chi connectivity index (χ0v) is 20.5. The minimum absolute atomic E-state index is 0. The third-order valence-electron chi connectivity index (χ3n) is 5.60. The number of esters is 1. The van der Waals surface area contributed by atoms with Gasteiger partial charge in [-0.05, 0) is 35.0 Å². The summed E-state index contributed by atoms with van der Waals surface area (Å²) in [5, 5.41) is 15.1. The summed E-state index contributed by atoms with van der Waals surface area (Å²) in [6.45, 7) is 3.07. The van der Waals surface area contributed by atoms with E-state index in [4.69, 9.17) is 9.47 Å². The van der Waals surface area contributed by atoms with Crippen molar-refractivity contribution in [2.75, 3.05) is 33.3 Å². The molecule has 5 nitrogen and oxygen atoms in total. The van der Waals surface area contributed by atoms with Gasteiger partial charge in [0.25, 0.3) is 0 Å². The summed E-state index contributed by atoms with van der Waals surface area (Å²) in [5.74, 6) is 0.273. The molecule has 1 aromatic carbocycles. The van der Waals surface area contributed by atoms with Crippen LogP contribution in [0.3, 0.4) is 0 Å². The number of hydrogen-bond acceptors (Lipinski definition) is 6. The molecule has 1 fully saturated rings. The van der Waals surface area contributed by atoms with E-state index < -0.39 is 11.6 Å². The SMILES string of the molecule is C[N+]1(CCOc2ccccc2)CC[C@@H](OC(=O)C(O)(c2cccs2)c2cccs2)C1.[Br-]. The molecule has 0 amide bonds. The monoisotopic (exact) mass is 523 g/mol. The highest BCUT2D eigenvalue weighted by Crippen LogP contribution is 2.37. The van der Waals surface area contributed by atoms with Crippen LogP contribution < -0.4 is 21.7 Å². The number of rotatable bonds is 8. The Kier molecular flexibility index (Phi) is 7.93. The number of likely N-dealkylation sites (N-methyl/N-ethyl adjacent to an activating group) is 1. The molecule has 2 aromatic heterocycles. The van der Waals surface area contributed by atoms with Gasteiger partial charge >= 0.3 is 5.97 Å². The van der Waals surface area contributed by atoms with Crippen molar-refractivity contribution >= 4 is 28.6 Å². The number of hydrogen-bond donors (Lipinski definition) is 1. The number of carbonyl (C=O) groups is 1. The van der Waals surface area contributed by atoms with Gasteiger partial charge in [0.05, 0.1) is 23.3 Å². The third kappa shape index (κ3) is 5.38. The van der Waals surface area contributed by atoms with E-state index in [-0.39, 0.29) is 23.1 Å². The van der Waals surface area contributed by atoms with E-state index in [0.717, 1.165) is 36.3 Å². The van der Waals surface area contributed by atoms with Gasteiger partial charge in [0.15, 0.2) is 6.10 Å². The lowest BCUT2D eigenvalue weighted by molar-refractivity contribution is -0.898. The number of ether oxygens (including phenoxy) is 2. The molecule has 3 heterocycles. The largest absolute Gasteiger partial charge is 1.00 e. The van der Waals surface area contributed by atoms with Gasteiger partial charge in [-0.25, -0.2) is 4.79 Å². The Balaban J connectivity index is 0.00000272. The fourth-order valence-electron chi connectivity index (χ4n) is 3.86. The summed E-state index contributed by atoms with van der Waals surface area (Å²) in [4.78, 5) is 14.3.